The fourth-order valence-corrected chi connectivity index (χ4v) is 0. The fourth-order valence-electron chi connectivity index (χ4n) is 0. The van der Waals surface area contributed by atoms with Crippen LogP contribution in [0.4, 0.5) is 0 Å². The van der Waals surface area contributed by atoms with Crippen LogP contribution in [0.15, 0.2) is 0 Å². The average molecular weight is 257 g/mol. The molecular weight excluding hydrogens is 249 g/mol. The van der Waals surface area contributed by atoms with Crippen molar-refractivity contribution in [3.8, 4) is 0 Å². The molecule has 0 aliphatic carbocycles. The topological polar surface area (TPSA) is 20.2 Å². The normalized spacial score (nSPS) is 7.20. The first-order valence-electron chi connectivity index (χ1n) is 1.41. The molecule has 0 rings (SSSR count). The quantitative estimate of drug-likeness (QED) is 0.622. The molecule has 2 heteroatoms. The molecule has 0 saturated carbocycles. The SMILES string of the molecule is CC(C)O.[Au]. The second-order valence-corrected chi connectivity index (χ2v) is 1.09. The van der Waals surface area contributed by atoms with Gasteiger partial charge in [0, 0.05) is 28.5 Å². The number of hydrogen-bond acceptors (Lipinski definition) is 1. The van der Waals surface area contributed by atoms with Crippen molar-refractivity contribution in [1.29, 1.82) is 0 Å². The van der Waals surface area contributed by atoms with Gasteiger partial charge in [-0.05, 0) is 13.8 Å². The van der Waals surface area contributed by atoms with Crippen molar-refractivity contribution in [2.24, 2.45) is 0 Å². The molecule has 0 aromatic carbocycles. The molecule has 37 valence electrons. The molecule has 0 unspecified atom stereocenters. The summed E-state index contributed by atoms with van der Waals surface area (Å²) in [4.78, 5) is 0. The van der Waals surface area contributed by atoms with E-state index in [1.54, 1.807) is 13.8 Å². The van der Waals surface area contributed by atoms with Crippen molar-refractivity contribution in [1.82, 2.24) is 0 Å². The van der Waals surface area contributed by atoms with E-state index >= 15 is 0 Å². The maximum absolute atomic E-state index is 8.06. The minimum absolute atomic E-state index is 0. The fraction of sp³-hybridized carbons (Fsp3) is 1.00. The van der Waals surface area contributed by atoms with E-state index in [9.17, 15) is 0 Å². The smallest absolute Gasteiger partial charge is 0.0483 e. The van der Waals surface area contributed by atoms with Crippen LogP contribution in [0.2, 0.25) is 0 Å². The van der Waals surface area contributed by atoms with Gasteiger partial charge in [0.2, 0.25) is 0 Å². The molecule has 0 heterocycles. The molecule has 1 nitrogen and oxygen atoms in total. The van der Waals surface area contributed by atoms with Crippen LogP contribution in [0.1, 0.15) is 13.8 Å². The third-order valence-electron chi connectivity index (χ3n) is 0. The number of rotatable bonds is 0. The molecule has 0 aliphatic heterocycles. The standard InChI is InChI=1S/C3H8O.Au/c1-3(2)4;/h3-4H,1-2H3;. The Morgan fingerprint density at radius 3 is 1.40 bits per heavy atom. The molecule has 0 amide bonds. The Kier molecular flexibility index (Phi) is 8.65. The summed E-state index contributed by atoms with van der Waals surface area (Å²) in [5.74, 6) is 0. The summed E-state index contributed by atoms with van der Waals surface area (Å²) < 4.78 is 0. The molecule has 1 N–H and O–H groups in total. The third-order valence-corrected chi connectivity index (χ3v) is 0. The van der Waals surface area contributed by atoms with Crippen LogP contribution in [-0.4, -0.2) is 11.2 Å². The van der Waals surface area contributed by atoms with Crippen LogP contribution in [0.5, 0.6) is 0 Å². The predicted octanol–water partition coefficient (Wildman–Crippen LogP) is 0.385. The van der Waals surface area contributed by atoms with Gasteiger partial charge in [0.1, 0.15) is 0 Å². The van der Waals surface area contributed by atoms with E-state index in [2.05, 4.69) is 0 Å². The number of hydrogen-bond donors (Lipinski definition) is 1. The minimum atomic E-state index is -0.167. The summed E-state index contributed by atoms with van der Waals surface area (Å²) in [6.45, 7) is 3.44. The van der Waals surface area contributed by atoms with Crippen molar-refractivity contribution in [3.05, 3.63) is 0 Å². The molecular formula is C3H8AuO. The summed E-state index contributed by atoms with van der Waals surface area (Å²) in [7, 11) is 0. The van der Waals surface area contributed by atoms with Gasteiger partial charge in [-0.1, -0.05) is 0 Å². The van der Waals surface area contributed by atoms with Crippen LogP contribution in [0.25, 0.3) is 0 Å². The van der Waals surface area contributed by atoms with E-state index in [0.717, 1.165) is 0 Å². The van der Waals surface area contributed by atoms with Gasteiger partial charge in [-0.15, -0.1) is 0 Å². The molecule has 1 radical (unpaired) electrons. The van der Waals surface area contributed by atoms with Gasteiger partial charge in [-0.3, -0.25) is 0 Å². The largest absolute Gasteiger partial charge is 0.394 e. The van der Waals surface area contributed by atoms with Crippen molar-refractivity contribution < 1.29 is 27.5 Å². The molecule has 0 atom stereocenters. The predicted molar refractivity (Wildman–Crippen MR) is 17.4 cm³/mol. The van der Waals surface area contributed by atoms with Gasteiger partial charge in [-0.25, -0.2) is 0 Å². The van der Waals surface area contributed by atoms with Gasteiger partial charge >= 0.3 is 0 Å². The maximum atomic E-state index is 8.06. The Labute approximate surface area is 47.9 Å². The molecule has 0 fully saturated rings. The maximum Gasteiger partial charge on any atom is 0.0483 e. The van der Waals surface area contributed by atoms with Crippen molar-refractivity contribution in [3.63, 3.8) is 0 Å². The van der Waals surface area contributed by atoms with Gasteiger partial charge in [0.05, 0.1) is 0 Å². The van der Waals surface area contributed by atoms with Gasteiger partial charge in [0.25, 0.3) is 0 Å². The third kappa shape index (κ3) is 69.9. The molecule has 0 spiro atoms. The molecule has 0 aliphatic rings. The van der Waals surface area contributed by atoms with E-state index in [1.165, 1.54) is 0 Å². The molecule has 0 bridgehead atoms. The van der Waals surface area contributed by atoms with E-state index in [4.69, 9.17) is 5.11 Å². The summed E-state index contributed by atoms with van der Waals surface area (Å²) in [6, 6.07) is 0. The zero-order chi connectivity index (χ0) is 3.58. The first kappa shape index (κ1) is 9.20. The van der Waals surface area contributed by atoms with Gasteiger partial charge in [-0.2, -0.15) is 0 Å². The Hall–Kier alpha value is 0.700. The van der Waals surface area contributed by atoms with Crippen LogP contribution >= 0.6 is 0 Å². The monoisotopic (exact) mass is 257 g/mol. The van der Waals surface area contributed by atoms with E-state index < -0.39 is 0 Å². The number of aliphatic hydroxyl groups is 1. The van der Waals surface area contributed by atoms with E-state index in [0.29, 0.717) is 0 Å². The Morgan fingerprint density at radius 2 is 1.40 bits per heavy atom. The summed E-state index contributed by atoms with van der Waals surface area (Å²) in [5.41, 5.74) is 0. The van der Waals surface area contributed by atoms with E-state index in [1.807, 2.05) is 0 Å². The molecule has 0 saturated heterocycles. The average Bonchev–Trinajstić information content (AvgIpc) is 0.811. The van der Waals surface area contributed by atoms with Crippen molar-refractivity contribution >= 4 is 0 Å². The summed E-state index contributed by atoms with van der Waals surface area (Å²) in [5, 5.41) is 8.06. The Balaban J connectivity index is 0. The molecule has 5 heavy (non-hydrogen) atoms. The minimum Gasteiger partial charge on any atom is -0.394 e. The Bertz CT molecular complexity index is 11.6. The first-order chi connectivity index (χ1) is 1.73. The first-order valence-corrected chi connectivity index (χ1v) is 1.41. The van der Waals surface area contributed by atoms with Crippen LogP contribution in [-0.2, 0) is 22.4 Å². The van der Waals surface area contributed by atoms with Crippen molar-refractivity contribution in [2.75, 3.05) is 0 Å². The molecule has 0 aromatic rings. The molecule has 0 aromatic heterocycles. The summed E-state index contributed by atoms with van der Waals surface area (Å²) >= 11 is 0. The van der Waals surface area contributed by atoms with Gasteiger partial charge < -0.3 is 5.11 Å². The second kappa shape index (κ2) is 4.70. The van der Waals surface area contributed by atoms with Crippen LogP contribution < -0.4 is 0 Å². The summed E-state index contributed by atoms with van der Waals surface area (Å²) in [6.07, 6.45) is -0.167. The zero-order valence-electron chi connectivity index (χ0n) is 3.33. The van der Waals surface area contributed by atoms with E-state index in [-0.39, 0.29) is 28.5 Å². The van der Waals surface area contributed by atoms with Crippen LogP contribution in [0, 0.1) is 0 Å². The Morgan fingerprint density at radius 1 is 1.40 bits per heavy atom. The number of aliphatic hydroxyl groups excluding tert-OH is 1. The second-order valence-electron chi connectivity index (χ2n) is 1.09. The van der Waals surface area contributed by atoms with Gasteiger partial charge in [0.15, 0.2) is 0 Å². The van der Waals surface area contributed by atoms with Crippen molar-refractivity contribution in [2.45, 2.75) is 20.0 Å². The van der Waals surface area contributed by atoms with Crippen LogP contribution in [0.3, 0.4) is 0 Å². The zero-order valence-corrected chi connectivity index (χ0v) is 5.49.